The Hall–Kier alpha value is -1.56. The Labute approximate surface area is 57.3 Å². The monoisotopic (exact) mass is 137 g/mol. The van der Waals surface area contributed by atoms with E-state index in [-0.39, 0.29) is 11.4 Å². The van der Waals surface area contributed by atoms with Crippen LogP contribution >= 0.6 is 0 Å². The van der Waals surface area contributed by atoms with Crippen LogP contribution in [0.3, 0.4) is 0 Å². The van der Waals surface area contributed by atoms with Gasteiger partial charge < -0.3 is 5.11 Å². The minimum absolute atomic E-state index is 0.0694. The Morgan fingerprint density at radius 3 is 2.80 bits per heavy atom. The molecule has 0 saturated carbocycles. The SMILES string of the molecule is C#Cc1nc(F)ccc1O. The van der Waals surface area contributed by atoms with Gasteiger partial charge in [-0.2, -0.15) is 4.39 Å². The molecule has 0 fully saturated rings. The Balaban J connectivity index is 3.25. The maximum absolute atomic E-state index is 12.2. The first kappa shape index (κ1) is 6.56. The molecule has 50 valence electrons. The van der Waals surface area contributed by atoms with E-state index in [4.69, 9.17) is 11.5 Å². The number of terminal acetylenes is 1. The van der Waals surface area contributed by atoms with Crippen molar-refractivity contribution in [3.63, 3.8) is 0 Å². The zero-order valence-electron chi connectivity index (χ0n) is 5.00. The number of rotatable bonds is 0. The third-order valence-corrected chi connectivity index (χ3v) is 0.977. The lowest BCUT2D eigenvalue weighted by Crippen LogP contribution is -1.86. The van der Waals surface area contributed by atoms with Gasteiger partial charge in [0.05, 0.1) is 0 Å². The Kier molecular flexibility index (Phi) is 1.55. The molecule has 0 saturated heterocycles. The van der Waals surface area contributed by atoms with Crippen LogP contribution in [0.2, 0.25) is 0 Å². The molecule has 0 aromatic carbocycles. The van der Waals surface area contributed by atoms with Gasteiger partial charge in [0.2, 0.25) is 5.95 Å². The predicted molar refractivity (Wildman–Crippen MR) is 33.8 cm³/mol. The number of nitrogens with zero attached hydrogens (tertiary/aromatic N) is 1. The first-order chi connectivity index (χ1) is 4.74. The molecule has 0 aliphatic rings. The van der Waals surface area contributed by atoms with Gasteiger partial charge in [0.15, 0.2) is 5.69 Å². The summed E-state index contributed by atoms with van der Waals surface area (Å²) in [5.74, 6) is 1.17. The minimum Gasteiger partial charge on any atom is -0.505 e. The van der Waals surface area contributed by atoms with Crippen LogP contribution in [0.1, 0.15) is 5.69 Å². The normalized spacial score (nSPS) is 8.80. The van der Waals surface area contributed by atoms with Crippen LogP contribution in [0, 0.1) is 18.3 Å². The molecule has 1 heterocycles. The van der Waals surface area contributed by atoms with Crippen LogP contribution < -0.4 is 0 Å². The van der Waals surface area contributed by atoms with Crippen LogP contribution in [-0.4, -0.2) is 10.1 Å². The molecule has 0 atom stereocenters. The lowest BCUT2D eigenvalue weighted by molar-refractivity contribution is 0.464. The standard InChI is InChI=1S/C7H4FNO/c1-2-5-6(10)3-4-7(8)9-5/h1,3-4,10H. The first-order valence-corrected chi connectivity index (χ1v) is 2.56. The van der Waals surface area contributed by atoms with Gasteiger partial charge in [-0.1, -0.05) is 0 Å². The van der Waals surface area contributed by atoms with E-state index in [0.29, 0.717) is 0 Å². The van der Waals surface area contributed by atoms with Crippen molar-refractivity contribution in [3.05, 3.63) is 23.8 Å². The average Bonchev–Trinajstić information content (AvgIpc) is 1.94. The van der Waals surface area contributed by atoms with Crippen molar-refractivity contribution in [2.24, 2.45) is 0 Å². The van der Waals surface area contributed by atoms with Crippen molar-refractivity contribution in [3.8, 4) is 18.1 Å². The van der Waals surface area contributed by atoms with E-state index in [2.05, 4.69) is 4.98 Å². The van der Waals surface area contributed by atoms with Gasteiger partial charge in [-0.25, -0.2) is 4.98 Å². The molecule has 1 rings (SSSR count). The van der Waals surface area contributed by atoms with E-state index in [1.807, 2.05) is 5.92 Å². The highest BCUT2D eigenvalue weighted by atomic mass is 19.1. The van der Waals surface area contributed by atoms with Crippen LogP contribution in [0.5, 0.6) is 5.75 Å². The van der Waals surface area contributed by atoms with E-state index >= 15 is 0 Å². The molecule has 0 unspecified atom stereocenters. The van der Waals surface area contributed by atoms with E-state index in [1.54, 1.807) is 0 Å². The molecule has 1 N–H and O–H groups in total. The zero-order chi connectivity index (χ0) is 7.56. The molecular weight excluding hydrogens is 133 g/mol. The quantitative estimate of drug-likeness (QED) is 0.426. The average molecular weight is 137 g/mol. The maximum Gasteiger partial charge on any atom is 0.214 e. The van der Waals surface area contributed by atoms with E-state index in [9.17, 15) is 4.39 Å². The highest BCUT2D eigenvalue weighted by molar-refractivity contribution is 5.37. The van der Waals surface area contributed by atoms with Crippen LogP contribution in [0.15, 0.2) is 12.1 Å². The number of aromatic hydroxyl groups is 1. The van der Waals surface area contributed by atoms with Crippen LogP contribution in [0.4, 0.5) is 4.39 Å². The summed E-state index contributed by atoms with van der Waals surface area (Å²) in [6.45, 7) is 0. The summed E-state index contributed by atoms with van der Waals surface area (Å²) in [7, 11) is 0. The molecule has 0 spiro atoms. The van der Waals surface area contributed by atoms with E-state index in [0.717, 1.165) is 12.1 Å². The Morgan fingerprint density at radius 1 is 1.60 bits per heavy atom. The van der Waals surface area contributed by atoms with Gasteiger partial charge in [-0.05, 0) is 18.1 Å². The fourth-order valence-electron chi connectivity index (χ4n) is 0.534. The van der Waals surface area contributed by atoms with Crippen molar-refractivity contribution in [2.45, 2.75) is 0 Å². The fourth-order valence-corrected chi connectivity index (χ4v) is 0.534. The number of halogens is 1. The molecule has 0 amide bonds. The van der Waals surface area contributed by atoms with E-state index < -0.39 is 5.95 Å². The molecule has 0 aliphatic heterocycles. The predicted octanol–water partition coefficient (Wildman–Crippen LogP) is 0.908. The van der Waals surface area contributed by atoms with Crippen LogP contribution in [0.25, 0.3) is 0 Å². The molecule has 0 aliphatic carbocycles. The summed E-state index contributed by atoms with van der Waals surface area (Å²) in [6, 6.07) is 2.20. The largest absolute Gasteiger partial charge is 0.505 e. The highest BCUT2D eigenvalue weighted by Gasteiger charge is 1.99. The topological polar surface area (TPSA) is 33.1 Å². The van der Waals surface area contributed by atoms with Gasteiger partial charge in [0, 0.05) is 0 Å². The fraction of sp³-hybridized carbons (Fsp3) is 0. The van der Waals surface area contributed by atoms with Gasteiger partial charge in [-0.3, -0.25) is 0 Å². The smallest absolute Gasteiger partial charge is 0.214 e. The number of pyridine rings is 1. The van der Waals surface area contributed by atoms with Crippen molar-refractivity contribution in [2.75, 3.05) is 0 Å². The second kappa shape index (κ2) is 2.36. The molecule has 1 aromatic heterocycles. The van der Waals surface area contributed by atoms with E-state index in [1.165, 1.54) is 0 Å². The lowest BCUT2D eigenvalue weighted by Gasteiger charge is -1.93. The van der Waals surface area contributed by atoms with Gasteiger partial charge in [-0.15, -0.1) is 6.42 Å². The molecule has 1 aromatic rings. The summed E-state index contributed by atoms with van der Waals surface area (Å²) in [6.07, 6.45) is 4.88. The third-order valence-electron chi connectivity index (χ3n) is 0.977. The molecule has 3 heteroatoms. The summed E-state index contributed by atoms with van der Waals surface area (Å²) in [4.78, 5) is 3.24. The Morgan fingerprint density at radius 2 is 2.30 bits per heavy atom. The molecule has 0 bridgehead atoms. The second-order valence-corrected chi connectivity index (χ2v) is 1.65. The van der Waals surface area contributed by atoms with Gasteiger partial charge in [0.25, 0.3) is 0 Å². The zero-order valence-corrected chi connectivity index (χ0v) is 5.00. The van der Waals surface area contributed by atoms with Crippen LogP contribution in [-0.2, 0) is 0 Å². The molecular formula is C7H4FNO. The molecule has 10 heavy (non-hydrogen) atoms. The molecule has 0 radical (unpaired) electrons. The third kappa shape index (κ3) is 1.06. The minimum atomic E-state index is -0.689. The van der Waals surface area contributed by atoms with Gasteiger partial charge >= 0.3 is 0 Å². The molecule has 2 nitrogen and oxygen atoms in total. The maximum atomic E-state index is 12.2. The van der Waals surface area contributed by atoms with Crippen molar-refractivity contribution in [1.29, 1.82) is 0 Å². The van der Waals surface area contributed by atoms with Crippen molar-refractivity contribution in [1.82, 2.24) is 4.98 Å². The first-order valence-electron chi connectivity index (χ1n) is 2.56. The summed E-state index contributed by atoms with van der Waals surface area (Å²) >= 11 is 0. The summed E-state index contributed by atoms with van der Waals surface area (Å²) in [5, 5.41) is 8.86. The van der Waals surface area contributed by atoms with Gasteiger partial charge in [0.1, 0.15) is 5.75 Å². The summed E-state index contributed by atoms with van der Waals surface area (Å²) in [5.41, 5.74) is -0.0694. The van der Waals surface area contributed by atoms with Crippen molar-refractivity contribution >= 4 is 0 Å². The summed E-state index contributed by atoms with van der Waals surface area (Å²) < 4.78 is 12.2. The highest BCUT2D eigenvalue weighted by Crippen LogP contribution is 2.11. The Bertz CT molecular complexity index is 290. The number of hydrogen-bond donors (Lipinski definition) is 1. The number of aromatic nitrogens is 1. The van der Waals surface area contributed by atoms with Crippen molar-refractivity contribution < 1.29 is 9.50 Å². The lowest BCUT2D eigenvalue weighted by atomic mass is 10.3. The second-order valence-electron chi connectivity index (χ2n) is 1.65. The number of hydrogen-bond acceptors (Lipinski definition) is 2.